The van der Waals surface area contributed by atoms with Crippen LogP contribution in [0.1, 0.15) is 51.5 Å². The standard InChI is InChI=1S/C15H27N3S2/c1-5-15(3,4)12-7-6-11(9-16)13(8-12)20-14-18-17-10(2)19-14/h11-13H,5-9,16H2,1-4H3. The largest absolute Gasteiger partial charge is 0.330 e. The number of nitrogens with zero attached hydrogens (tertiary/aromatic N) is 2. The number of aromatic nitrogens is 2. The first kappa shape index (κ1) is 16.2. The van der Waals surface area contributed by atoms with E-state index in [4.69, 9.17) is 5.73 Å². The maximum atomic E-state index is 5.99. The van der Waals surface area contributed by atoms with Gasteiger partial charge in [0.2, 0.25) is 0 Å². The Hall–Kier alpha value is -0.130. The monoisotopic (exact) mass is 313 g/mol. The molecule has 1 heterocycles. The van der Waals surface area contributed by atoms with Crippen LogP contribution in [0.4, 0.5) is 0 Å². The highest BCUT2D eigenvalue weighted by molar-refractivity contribution is 8.01. The van der Waals surface area contributed by atoms with Gasteiger partial charge in [0.05, 0.1) is 0 Å². The zero-order valence-corrected chi connectivity index (χ0v) is 14.7. The van der Waals surface area contributed by atoms with Crippen molar-refractivity contribution in [3.8, 4) is 0 Å². The van der Waals surface area contributed by atoms with E-state index in [1.54, 1.807) is 11.3 Å². The molecule has 3 nitrogen and oxygen atoms in total. The van der Waals surface area contributed by atoms with Gasteiger partial charge in [0, 0.05) is 5.25 Å². The molecule has 1 aromatic heterocycles. The molecule has 0 bridgehead atoms. The van der Waals surface area contributed by atoms with Crippen LogP contribution >= 0.6 is 23.1 Å². The fourth-order valence-corrected chi connectivity index (χ4v) is 5.52. The first-order valence-corrected chi connectivity index (χ1v) is 9.32. The average Bonchev–Trinajstić information content (AvgIpc) is 2.84. The van der Waals surface area contributed by atoms with Gasteiger partial charge in [-0.1, -0.05) is 50.3 Å². The van der Waals surface area contributed by atoms with Crippen molar-refractivity contribution in [2.24, 2.45) is 23.0 Å². The van der Waals surface area contributed by atoms with Gasteiger partial charge in [0.25, 0.3) is 0 Å². The second-order valence-corrected chi connectivity index (χ2v) is 9.26. The lowest BCUT2D eigenvalue weighted by Gasteiger charge is -2.42. The fraction of sp³-hybridized carbons (Fsp3) is 0.867. The van der Waals surface area contributed by atoms with Crippen LogP contribution in [-0.2, 0) is 0 Å². The van der Waals surface area contributed by atoms with Crippen molar-refractivity contribution in [3.05, 3.63) is 5.01 Å². The Morgan fingerprint density at radius 1 is 1.35 bits per heavy atom. The van der Waals surface area contributed by atoms with E-state index in [2.05, 4.69) is 31.0 Å². The second-order valence-electron chi connectivity index (χ2n) is 6.59. The van der Waals surface area contributed by atoms with Gasteiger partial charge in [-0.25, -0.2) is 0 Å². The summed E-state index contributed by atoms with van der Waals surface area (Å²) in [5, 5.41) is 10.1. The van der Waals surface area contributed by atoms with Gasteiger partial charge >= 0.3 is 0 Å². The van der Waals surface area contributed by atoms with Crippen LogP contribution < -0.4 is 5.73 Å². The highest BCUT2D eigenvalue weighted by atomic mass is 32.2. The van der Waals surface area contributed by atoms with Crippen molar-refractivity contribution in [2.45, 2.75) is 63.0 Å². The molecule has 0 spiro atoms. The Bertz CT molecular complexity index is 431. The van der Waals surface area contributed by atoms with Crippen molar-refractivity contribution in [1.29, 1.82) is 0 Å². The molecule has 1 saturated carbocycles. The molecule has 2 rings (SSSR count). The summed E-state index contributed by atoms with van der Waals surface area (Å²) in [7, 11) is 0. The van der Waals surface area contributed by atoms with Gasteiger partial charge in [-0.15, -0.1) is 10.2 Å². The first-order valence-electron chi connectivity index (χ1n) is 7.63. The van der Waals surface area contributed by atoms with Crippen molar-refractivity contribution in [1.82, 2.24) is 10.2 Å². The number of aryl methyl sites for hydroxylation is 1. The predicted molar refractivity (Wildman–Crippen MR) is 88.2 cm³/mol. The Morgan fingerprint density at radius 2 is 2.10 bits per heavy atom. The summed E-state index contributed by atoms with van der Waals surface area (Å²) in [5.41, 5.74) is 6.43. The van der Waals surface area contributed by atoms with Crippen LogP contribution in [0, 0.1) is 24.2 Å². The Kier molecular flexibility index (Phi) is 5.49. The topological polar surface area (TPSA) is 51.8 Å². The molecule has 1 aliphatic rings. The Balaban J connectivity index is 2.06. The maximum Gasteiger partial charge on any atom is 0.174 e. The molecule has 2 N–H and O–H groups in total. The number of rotatable bonds is 5. The van der Waals surface area contributed by atoms with E-state index in [1.807, 2.05) is 18.7 Å². The summed E-state index contributed by atoms with van der Waals surface area (Å²) in [4.78, 5) is 0. The van der Waals surface area contributed by atoms with Gasteiger partial charge in [-0.3, -0.25) is 0 Å². The molecular weight excluding hydrogens is 286 g/mol. The van der Waals surface area contributed by atoms with Gasteiger partial charge < -0.3 is 5.73 Å². The summed E-state index contributed by atoms with van der Waals surface area (Å²) < 4.78 is 1.11. The van der Waals surface area contributed by atoms with Crippen LogP contribution in [0.5, 0.6) is 0 Å². The van der Waals surface area contributed by atoms with E-state index in [9.17, 15) is 0 Å². The average molecular weight is 314 g/mol. The van der Waals surface area contributed by atoms with Crippen molar-refractivity contribution >= 4 is 23.1 Å². The van der Waals surface area contributed by atoms with Crippen LogP contribution in [0.15, 0.2) is 4.34 Å². The third kappa shape index (κ3) is 3.74. The predicted octanol–water partition coefficient (Wildman–Crippen LogP) is 4.12. The van der Waals surface area contributed by atoms with Gasteiger partial charge in [0.1, 0.15) is 5.01 Å². The molecule has 3 unspecified atom stereocenters. The number of thioether (sulfide) groups is 1. The number of hydrogen-bond acceptors (Lipinski definition) is 5. The molecule has 0 radical (unpaired) electrons. The Labute approximate surface area is 131 Å². The van der Waals surface area contributed by atoms with E-state index in [0.717, 1.165) is 21.8 Å². The molecule has 0 aromatic carbocycles. The van der Waals surface area contributed by atoms with Crippen molar-refractivity contribution in [2.75, 3.05) is 6.54 Å². The minimum absolute atomic E-state index is 0.440. The molecule has 1 fully saturated rings. The highest BCUT2D eigenvalue weighted by Crippen LogP contribution is 2.47. The molecular formula is C15H27N3S2. The lowest BCUT2D eigenvalue weighted by atomic mass is 9.67. The van der Waals surface area contributed by atoms with Gasteiger partial charge in [-0.2, -0.15) is 0 Å². The molecule has 0 aliphatic heterocycles. The molecule has 20 heavy (non-hydrogen) atoms. The fourth-order valence-electron chi connectivity index (χ4n) is 3.06. The molecule has 0 saturated heterocycles. The molecule has 5 heteroatoms. The van der Waals surface area contributed by atoms with E-state index in [1.165, 1.54) is 25.7 Å². The third-order valence-corrected chi connectivity index (χ3v) is 7.34. The SMILES string of the molecule is CCC(C)(C)C1CCC(CN)C(Sc2nnc(C)s2)C1. The van der Waals surface area contributed by atoms with Crippen LogP contribution in [-0.4, -0.2) is 22.0 Å². The van der Waals surface area contributed by atoms with Crippen LogP contribution in [0.25, 0.3) is 0 Å². The van der Waals surface area contributed by atoms with E-state index in [0.29, 0.717) is 16.6 Å². The lowest BCUT2D eigenvalue weighted by Crippen LogP contribution is -2.37. The quantitative estimate of drug-likeness (QED) is 0.888. The summed E-state index contributed by atoms with van der Waals surface area (Å²) in [6, 6.07) is 0. The van der Waals surface area contributed by atoms with Gasteiger partial charge in [0.15, 0.2) is 4.34 Å². The third-order valence-electron chi connectivity index (χ3n) is 5.01. The Morgan fingerprint density at radius 3 is 2.65 bits per heavy atom. The van der Waals surface area contributed by atoms with Crippen LogP contribution in [0.3, 0.4) is 0 Å². The van der Waals surface area contributed by atoms with E-state index in [-0.39, 0.29) is 0 Å². The minimum Gasteiger partial charge on any atom is -0.330 e. The van der Waals surface area contributed by atoms with E-state index >= 15 is 0 Å². The summed E-state index contributed by atoms with van der Waals surface area (Å²) >= 11 is 3.62. The molecule has 1 aromatic rings. The lowest BCUT2D eigenvalue weighted by molar-refractivity contribution is 0.134. The first-order chi connectivity index (χ1) is 9.46. The van der Waals surface area contributed by atoms with Gasteiger partial charge in [-0.05, 0) is 50.0 Å². The molecule has 3 atom stereocenters. The maximum absolute atomic E-state index is 5.99. The highest BCUT2D eigenvalue weighted by Gasteiger charge is 2.37. The normalized spacial score (nSPS) is 27.8. The summed E-state index contributed by atoms with van der Waals surface area (Å²) in [5.74, 6) is 1.44. The van der Waals surface area contributed by atoms with E-state index < -0.39 is 0 Å². The molecule has 114 valence electrons. The summed E-state index contributed by atoms with van der Waals surface area (Å²) in [6.45, 7) is 9.96. The van der Waals surface area contributed by atoms with Crippen molar-refractivity contribution in [3.63, 3.8) is 0 Å². The summed E-state index contributed by atoms with van der Waals surface area (Å²) in [6.07, 6.45) is 5.11. The van der Waals surface area contributed by atoms with Crippen molar-refractivity contribution < 1.29 is 0 Å². The smallest absolute Gasteiger partial charge is 0.174 e. The minimum atomic E-state index is 0.440. The zero-order valence-electron chi connectivity index (χ0n) is 13.1. The molecule has 0 amide bonds. The zero-order chi connectivity index (χ0) is 14.8. The second kappa shape index (κ2) is 6.75. The molecule has 1 aliphatic carbocycles. The number of nitrogens with two attached hydrogens (primary N) is 1. The van der Waals surface area contributed by atoms with Crippen LogP contribution in [0.2, 0.25) is 0 Å². The number of hydrogen-bond donors (Lipinski definition) is 1.